The average molecular weight is 338 g/mol. The predicted octanol–water partition coefficient (Wildman–Crippen LogP) is 5.08. The lowest BCUT2D eigenvalue weighted by atomic mass is 10.2. The topological polar surface area (TPSA) is 49.9 Å². The van der Waals surface area contributed by atoms with Gasteiger partial charge in [0.25, 0.3) is 0 Å². The molecule has 0 unspecified atom stereocenters. The minimum absolute atomic E-state index is 0.0469. The summed E-state index contributed by atoms with van der Waals surface area (Å²) in [5, 5.41) is 7.93. The van der Waals surface area contributed by atoms with Crippen molar-refractivity contribution in [2.45, 2.75) is 5.75 Å². The van der Waals surface area contributed by atoms with Crippen LogP contribution in [0.4, 0.5) is 0 Å². The second-order valence-electron chi connectivity index (χ2n) is 2.70. The van der Waals surface area contributed by atoms with Crippen molar-refractivity contribution in [2.75, 3.05) is 0 Å². The highest BCUT2D eigenvalue weighted by Crippen LogP contribution is 2.44. The summed E-state index contributed by atoms with van der Waals surface area (Å²) in [5.41, 5.74) is 5.73. The van der Waals surface area contributed by atoms with E-state index in [1.807, 2.05) is 0 Å². The first-order valence-corrected chi connectivity index (χ1v) is 6.71. The molecule has 0 fully saturated rings. The first kappa shape index (κ1) is 14.6. The van der Waals surface area contributed by atoms with Crippen LogP contribution < -0.4 is 5.73 Å². The fourth-order valence-electron chi connectivity index (χ4n) is 0.927. The molecule has 0 aliphatic heterocycles. The zero-order chi connectivity index (χ0) is 12.5. The number of hydrogen-bond donors (Lipinski definition) is 2. The number of thioether (sulfide) groups is 1. The highest BCUT2D eigenvalue weighted by Gasteiger charge is 2.19. The molecule has 0 amide bonds. The molecule has 1 aromatic rings. The third kappa shape index (κ3) is 3.03. The Bertz CT molecular complexity index is 420. The number of nitrogens with two attached hydrogens (primary N) is 1. The van der Waals surface area contributed by atoms with Crippen molar-refractivity contribution in [3.05, 3.63) is 30.7 Å². The molecule has 3 N–H and O–H groups in total. The van der Waals surface area contributed by atoms with E-state index in [4.69, 9.17) is 69.1 Å². The van der Waals surface area contributed by atoms with E-state index < -0.39 is 0 Å². The molecule has 1 rings (SSSR count). The molecule has 2 nitrogen and oxygen atoms in total. The van der Waals surface area contributed by atoms with Crippen molar-refractivity contribution in [1.29, 1.82) is 5.41 Å². The second-order valence-corrected chi connectivity index (χ2v) is 5.61. The van der Waals surface area contributed by atoms with Crippen LogP contribution in [0.1, 0.15) is 5.56 Å². The number of rotatable bonds is 2. The quantitative estimate of drug-likeness (QED) is 0.342. The Labute approximate surface area is 122 Å². The van der Waals surface area contributed by atoms with Gasteiger partial charge >= 0.3 is 0 Å². The van der Waals surface area contributed by atoms with Crippen LogP contribution >= 0.6 is 69.8 Å². The number of benzene rings is 1. The van der Waals surface area contributed by atoms with Crippen LogP contribution in [0.2, 0.25) is 25.1 Å². The maximum absolute atomic E-state index is 7.10. The Kier molecular flexibility index (Phi) is 5.36. The molecule has 88 valence electrons. The van der Waals surface area contributed by atoms with Crippen LogP contribution in [0.15, 0.2) is 0 Å². The standard InChI is InChI=1S/C8H5Cl5N2S/c9-3-2(1-16-8(14)15)4(10)6(12)7(13)5(3)11/h1H2,(H3,14,15). The summed E-state index contributed by atoms with van der Waals surface area (Å²) in [6.07, 6.45) is 0. The summed E-state index contributed by atoms with van der Waals surface area (Å²) in [7, 11) is 0. The van der Waals surface area contributed by atoms with Gasteiger partial charge in [0.1, 0.15) is 0 Å². The molecule has 0 bridgehead atoms. The Morgan fingerprint density at radius 3 is 1.69 bits per heavy atom. The Hall–Kier alpha value is 0.490. The van der Waals surface area contributed by atoms with Crippen LogP contribution in [0.25, 0.3) is 0 Å². The van der Waals surface area contributed by atoms with Gasteiger partial charge in [0.2, 0.25) is 0 Å². The first-order chi connectivity index (χ1) is 7.36. The molecule has 0 saturated carbocycles. The summed E-state index contributed by atoms with van der Waals surface area (Å²) < 4.78 is 0. The molecule has 0 aliphatic rings. The van der Waals surface area contributed by atoms with Crippen molar-refractivity contribution >= 4 is 74.9 Å². The highest BCUT2D eigenvalue weighted by atomic mass is 35.5. The lowest BCUT2D eigenvalue weighted by Gasteiger charge is -2.11. The lowest BCUT2D eigenvalue weighted by Crippen LogP contribution is -2.04. The molecular formula is C8H5Cl5N2S. The fourth-order valence-corrected chi connectivity index (χ4v) is 2.99. The fraction of sp³-hybridized carbons (Fsp3) is 0.125. The van der Waals surface area contributed by atoms with Gasteiger partial charge in [0.15, 0.2) is 5.17 Å². The highest BCUT2D eigenvalue weighted by molar-refractivity contribution is 8.13. The van der Waals surface area contributed by atoms with Crippen LogP contribution in [-0.2, 0) is 5.75 Å². The number of halogens is 5. The minimum Gasteiger partial charge on any atom is -0.379 e. The van der Waals surface area contributed by atoms with Gasteiger partial charge in [-0.15, -0.1) is 0 Å². The van der Waals surface area contributed by atoms with E-state index in [1.54, 1.807) is 0 Å². The van der Waals surface area contributed by atoms with Gasteiger partial charge in [0.05, 0.1) is 25.1 Å². The summed E-state index contributed by atoms with van der Waals surface area (Å²) in [5.74, 6) is 0.309. The van der Waals surface area contributed by atoms with Gasteiger partial charge < -0.3 is 5.73 Å². The molecule has 0 heterocycles. The van der Waals surface area contributed by atoms with Gasteiger partial charge in [-0.2, -0.15) is 0 Å². The zero-order valence-corrected chi connectivity index (χ0v) is 12.2. The third-order valence-electron chi connectivity index (χ3n) is 1.67. The number of nitrogens with one attached hydrogen (secondary N) is 1. The normalized spacial score (nSPS) is 10.6. The van der Waals surface area contributed by atoms with Crippen molar-refractivity contribution in [3.8, 4) is 0 Å². The van der Waals surface area contributed by atoms with E-state index in [2.05, 4.69) is 0 Å². The summed E-state index contributed by atoms with van der Waals surface area (Å²) >= 11 is 30.6. The molecule has 0 aromatic heterocycles. The number of hydrogen-bond acceptors (Lipinski definition) is 2. The molecule has 0 aliphatic carbocycles. The molecule has 0 radical (unpaired) electrons. The van der Waals surface area contributed by atoms with Crippen LogP contribution in [0.5, 0.6) is 0 Å². The molecular weight excluding hydrogens is 333 g/mol. The van der Waals surface area contributed by atoms with E-state index in [1.165, 1.54) is 0 Å². The minimum atomic E-state index is -0.0469. The van der Waals surface area contributed by atoms with Gasteiger partial charge in [-0.3, -0.25) is 5.41 Å². The monoisotopic (exact) mass is 336 g/mol. The van der Waals surface area contributed by atoms with Crippen LogP contribution in [-0.4, -0.2) is 5.17 Å². The first-order valence-electron chi connectivity index (χ1n) is 3.83. The predicted molar refractivity (Wildman–Crippen MR) is 74.7 cm³/mol. The van der Waals surface area contributed by atoms with E-state index in [0.29, 0.717) is 11.3 Å². The van der Waals surface area contributed by atoms with Gasteiger partial charge in [0, 0.05) is 11.3 Å². The van der Waals surface area contributed by atoms with Crippen LogP contribution in [0.3, 0.4) is 0 Å². The van der Waals surface area contributed by atoms with E-state index in [0.717, 1.165) is 11.8 Å². The largest absolute Gasteiger partial charge is 0.379 e. The molecule has 16 heavy (non-hydrogen) atoms. The zero-order valence-electron chi connectivity index (χ0n) is 7.58. The second kappa shape index (κ2) is 5.89. The summed E-state index contributed by atoms with van der Waals surface area (Å²) in [6, 6.07) is 0. The van der Waals surface area contributed by atoms with Crippen LogP contribution in [0, 0.1) is 5.41 Å². The third-order valence-corrected chi connectivity index (χ3v) is 4.77. The molecule has 0 atom stereocenters. The smallest absolute Gasteiger partial charge is 0.151 e. The lowest BCUT2D eigenvalue weighted by molar-refractivity contribution is 1.41. The number of amidine groups is 1. The summed E-state index contributed by atoms with van der Waals surface area (Å²) in [4.78, 5) is 0. The Morgan fingerprint density at radius 2 is 1.31 bits per heavy atom. The van der Waals surface area contributed by atoms with Gasteiger partial charge in [-0.1, -0.05) is 69.8 Å². The molecule has 0 saturated heterocycles. The Morgan fingerprint density at radius 1 is 0.938 bits per heavy atom. The van der Waals surface area contributed by atoms with Gasteiger partial charge in [-0.25, -0.2) is 0 Å². The average Bonchev–Trinajstić information content (AvgIpc) is 2.23. The maximum Gasteiger partial charge on any atom is 0.151 e. The molecule has 1 aromatic carbocycles. The van der Waals surface area contributed by atoms with E-state index in [-0.39, 0.29) is 30.3 Å². The van der Waals surface area contributed by atoms with E-state index in [9.17, 15) is 0 Å². The van der Waals surface area contributed by atoms with Crippen molar-refractivity contribution in [3.63, 3.8) is 0 Å². The van der Waals surface area contributed by atoms with Gasteiger partial charge in [-0.05, 0) is 0 Å². The van der Waals surface area contributed by atoms with Crippen molar-refractivity contribution in [2.24, 2.45) is 5.73 Å². The van der Waals surface area contributed by atoms with E-state index >= 15 is 0 Å². The van der Waals surface area contributed by atoms with Crippen molar-refractivity contribution < 1.29 is 0 Å². The maximum atomic E-state index is 7.10. The molecule has 0 spiro atoms. The SMILES string of the molecule is N=C(N)SCc1c(Cl)c(Cl)c(Cl)c(Cl)c1Cl. The Balaban J connectivity index is 3.23. The summed E-state index contributed by atoms with van der Waals surface area (Å²) in [6.45, 7) is 0. The molecule has 8 heteroatoms. The van der Waals surface area contributed by atoms with Crippen molar-refractivity contribution in [1.82, 2.24) is 0 Å².